The van der Waals surface area contributed by atoms with Crippen LogP contribution in [0.3, 0.4) is 0 Å². The van der Waals surface area contributed by atoms with Crippen LogP contribution >= 0.6 is 0 Å². The fourth-order valence-corrected chi connectivity index (χ4v) is 1.80. The van der Waals surface area contributed by atoms with Crippen LogP contribution in [0.15, 0.2) is 30.3 Å². The second-order valence-electron chi connectivity index (χ2n) is 4.38. The Kier molecular flexibility index (Phi) is 6.22. The number of hydrogen-bond acceptors (Lipinski definition) is 3. The Balaban J connectivity index is 2.44. The predicted octanol–water partition coefficient (Wildman–Crippen LogP) is 1.40. The topological polar surface area (TPSA) is 52.6 Å². The number of likely N-dealkylation sites (N-methyl/N-ethyl adjacent to an activating group) is 1. The van der Waals surface area contributed by atoms with Gasteiger partial charge < -0.3 is 15.3 Å². The van der Waals surface area contributed by atoms with Gasteiger partial charge in [-0.05, 0) is 25.0 Å². The average molecular weight is 250 g/mol. The van der Waals surface area contributed by atoms with Crippen molar-refractivity contribution in [1.29, 1.82) is 0 Å². The molecule has 0 bridgehead atoms. The predicted molar refractivity (Wildman–Crippen MR) is 73.6 cm³/mol. The third-order valence-electron chi connectivity index (χ3n) is 2.91. The maximum Gasteiger partial charge on any atom is 0.239 e. The Morgan fingerprint density at radius 1 is 1.39 bits per heavy atom. The number of anilines is 1. The van der Waals surface area contributed by atoms with Crippen LogP contribution in [0.2, 0.25) is 0 Å². The van der Waals surface area contributed by atoms with E-state index in [1.54, 1.807) is 0 Å². The molecule has 1 atom stereocenters. The summed E-state index contributed by atoms with van der Waals surface area (Å²) in [7, 11) is 1.89. The molecule has 18 heavy (non-hydrogen) atoms. The molecule has 0 saturated heterocycles. The van der Waals surface area contributed by atoms with E-state index in [0.29, 0.717) is 13.0 Å². The maximum absolute atomic E-state index is 11.8. The van der Waals surface area contributed by atoms with Crippen molar-refractivity contribution in [1.82, 2.24) is 5.32 Å². The normalized spacial score (nSPS) is 11.9. The number of aliphatic hydroxyl groups is 1. The molecule has 1 unspecified atom stereocenters. The molecule has 0 spiro atoms. The minimum Gasteiger partial charge on any atom is -0.396 e. The molecular formula is C14H22N2O2. The first kappa shape index (κ1) is 14.5. The third kappa shape index (κ3) is 4.75. The molecule has 2 N–H and O–H groups in total. The monoisotopic (exact) mass is 250 g/mol. The zero-order valence-corrected chi connectivity index (χ0v) is 11.1. The Morgan fingerprint density at radius 2 is 2.06 bits per heavy atom. The van der Waals surface area contributed by atoms with Crippen molar-refractivity contribution in [3.8, 4) is 0 Å². The first-order valence-electron chi connectivity index (χ1n) is 6.33. The van der Waals surface area contributed by atoms with Crippen LogP contribution in [0, 0.1) is 0 Å². The van der Waals surface area contributed by atoms with Crippen LogP contribution in [0.25, 0.3) is 0 Å². The zero-order valence-electron chi connectivity index (χ0n) is 11.1. The Morgan fingerprint density at radius 3 is 2.61 bits per heavy atom. The number of aliphatic hydroxyl groups excluding tert-OH is 1. The summed E-state index contributed by atoms with van der Waals surface area (Å²) in [5, 5.41) is 11.8. The minimum absolute atomic E-state index is 0.0124. The summed E-state index contributed by atoms with van der Waals surface area (Å²) >= 11 is 0. The Labute approximate surface area is 109 Å². The van der Waals surface area contributed by atoms with E-state index >= 15 is 0 Å². The number of rotatable bonds is 7. The molecule has 0 radical (unpaired) electrons. The first-order valence-corrected chi connectivity index (χ1v) is 6.33. The minimum atomic E-state index is -0.0124. The largest absolute Gasteiger partial charge is 0.396 e. The quantitative estimate of drug-likeness (QED) is 0.769. The van der Waals surface area contributed by atoms with Gasteiger partial charge in [-0.25, -0.2) is 0 Å². The van der Waals surface area contributed by atoms with Crippen LogP contribution in [-0.4, -0.2) is 37.3 Å². The fraction of sp³-hybridized carbons (Fsp3) is 0.500. The second kappa shape index (κ2) is 7.71. The van der Waals surface area contributed by atoms with E-state index in [-0.39, 0.29) is 18.6 Å². The SMILES string of the molecule is CCC(CCO)NC(=O)CN(C)c1ccccc1. The van der Waals surface area contributed by atoms with Crippen molar-refractivity contribution >= 4 is 11.6 Å². The van der Waals surface area contributed by atoms with Crippen molar-refractivity contribution in [3.05, 3.63) is 30.3 Å². The highest BCUT2D eigenvalue weighted by atomic mass is 16.3. The van der Waals surface area contributed by atoms with Crippen LogP contribution in [-0.2, 0) is 4.79 Å². The molecule has 0 fully saturated rings. The van der Waals surface area contributed by atoms with E-state index in [1.165, 1.54) is 0 Å². The van der Waals surface area contributed by atoms with E-state index in [0.717, 1.165) is 12.1 Å². The van der Waals surface area contributed by atoms with E-state index in [2.05, 4.69) is 5.32 Å². The van der Waals surface area contributed by atoms with Crippen molar-refractivity contribution in [2.75, 3.05) is 25.1 Å². The highest BCUT2D eigenvalue weighted by molar-refractivity contribution is 5.81. The van der Waals surface area contributed by atoms with Gasteiger partial charge in [-0.15, -0.1) is 0 Å². The Bertz CT molecular complexity index is 354. The lowest BCUT2D eigenvalue weighted by atomic mass is 10.1. The molecular weight excluding hydrogens is 228 g/mol. The van der Waals surface area contributed by atoms with Gasteiger partial charge in [0, 0.05) is 25.4 Å². The number of para-hydroxylation sites is 1. The van der Waals surface area contributed by atoms with Crippen molar-refractivity contribution in [2.45, 2.75) is 25.8 Å². The molecule has 1 rings (SSSR count). The Hall–Kier alpha value is -1.55. The summed E-state index contributed by atoms with van der Waals surface area (Å²) < 4.78 is 0. The van der Waals surface area contributed by atoms with Crippen LogP contribution in [0.1, 0.15) is 19.8 Å². The van der Waals surface area contributed by atoms with Gasteiger partial charge in [-0.3, -0.25) is 4.79 Å². The van der Waals surface area contributed by atoms with Gasteiger partial charge in [0.25, 0.3) is 0 Å². The third-order valence-corrected chi connectivity index (χ3v) is 2.91. The second-order valence-corrected chi connectivity index (χ2v) is 4.38. The van der Waals surface area contributed by atoms with Crippen molar-refractivity contribution < 1.29 is 9.90 Å². The molecule has 1 amide bonds. The molecule has 1 aromatic rings. The van der Waals surface area contributed by atoms with E-state index < -0.39 is 0 Å². The number of carbonyl (C=O) groups excluding carboxylic acids is 1. The smallest absolute Gasteiger partial charge is 0.239 e. The number of benzene rings is 1. The summed E-state index contributed by atoms with van der Waals surface area (Å²) in [6.45, 7) is 2.43. The van der Waals surface area contributed by atoms with Gasteiger partial charge in [0.1, 0.15) is 0 Å². The molecule has 0 saturated carbocycles. The zero-order chi connectivity index (χ0) is 13.4. The summed E-state index contributed by atoms with van der Waals surface area (Å²) in [6, 6.07) is 9.85. The van der Waals surface area contributed by atoms with Crippen LogP contribution in [0.5, 0.6) is 0 Å². The molecule has 0 aromatic heterocycles. The molecule has 1 aromatic carbocycles. The summed E-state index contributed by atoms with van der Waals surface area (Å²) in [6.07, 6.45) is 1.44. The van der Waals surface area contributed by atoms with E-state index in [1.807, 2.05) is 49.2 Å². The van der Waals surface area contributed by atoms with Crippen LogP contribution in [0.4, 0.5) is 5.69 Å². The molecule has 4 nitrogen and oxygen atoms in total. The van der Waals surface area contributed by atoms with Crippen molar-refractivity contribution in [2.24, 2.45) is 0 Å². The highest BCUT2D eigenvalue weighted by Gasteiger charge is 2.11. The number of nitrogens with zero attached hydrogens (tertiary/aromatic N) is 1. The lowest BCUT2D eigenvalue weighted by Gasteiger charge is -2.21. The van der Waals surface area contributed by atoms with Gasteiger partial charge in [-0.2, -0.15) is 0 Å². The first-order chi connectivity index (χ1) is 8.67. The molecule has 0 aliphatic rings. The molecule has 0 aliphatic heterocycles. The van der Waals surface area contributed by atoms with E-state index in [4.69, 9.17) is 5.11 Å². The number of carbonyl (C=O) groups is 1. The highest BCUT2D eigenvalue weighted by Crippen LogP contribution is 2.10. The molecule has 100 valence electrons. The maximum atomic E-state index is 11.8. The van der Waals surface area contributed by atoms with Gasteiger partial charge >= 0.3 is 0 Å². The van der Waals surface area contributed by atoms with Crippen LogP contribution < -0.4 is 10.2 Å². The number of nitrogens with one attached hydrogen (secondary N) is 1. The number of amides is 1. The molecule has 0 heterocycles. The molecule has 4 heteroatoms. The fourth-order valence-electron chi connectivity index (χ4n) is 1.80. The van der Waals surface area contributed by atoms with Gasteiger partial charge in [0.15, 0.2) is 0 Å². The van der Waals surface area contributed by atoms with Crippen molar-refractivity contribution in [3.63, 3.8) is 0 Å². The van der Waals surface area contributed by atoms with Gasteiger partial charge in [-0.1, -0.05) is 25.1 Å². The summed E-state index contributed by atoms with van der Waals surface area (Å²) in [5.41, 5.74) is 1.02. The van der Waals surface area contributed by atoms with Gasteiger partial charge in [0.05, 0.1) is 6.54 Å². The lowest BCUT2D eigenvalue weighted by Crippen LogP contribution is -2.41. The lowest BCUT2D eigenvalue weighted by molar-refractivity contribution is -0.120. The average Bonchev–Trinajstić information content (AvgIpc) is 2.39. The summed E-state index contributed by atoms with van der Waals surface area (Å²) in [4.78, 5) is 13.7. The standard InChI is InChI=1S/C14H22N2O2/c1-3-12(9-10-17)15-14(18)11-16(2)13-7-5-4-6-8-13/h4-8,12,17H,3,9-11H2,1-2H3,(H,15,18). The summed E-state index contributed by atoms with van der Waals surface area (Å²) in [5.74, 6) is -0.0124. The number of hydrogen-bond donors (Lipinski definition) is 2. The van der Waals surface area contributed by atoms with Gasteiger partial charge in [0.2, 0.25) is 5.91 Å². The van der Waals surface area contributed by atoms with E-state index in [9.17, 15) is 4.79 Å². The molecule has 0 aliphatic carbocycles.